The lowest BCUT2D eigenvalue weighted by Gasteiger charge is -2.13. The van der Waals surface area contributed by atoms with Gasteiger partial charge in [-0.3, -0.25) is 9.59 Å². The Kier molecular flexibility index (Phi) is 4.12. The first-order chi connectivity index (χ1) is 9.97. The molecule has 0 aliphatic heterocycles. The third-order valence-corrected chi connectivity index (χ3v) is 2.78. The number of carboxylic acids is 1. The van der Waals surface area contributed by atoms with E-state index in [1.54, 1.807) is 0 Å². The van der Waals surface area contributed by atoms with Crippen LogP contribution in [0.2, 0.25) is 0 Å². The standard InChI is InChI=1S/C12H13N5O4/c1-17-10(18)3-2-8(16-17)11(19)15-9(12(20)21)4-7-5-13-6-14-7/h2-3,5-6,9H,4H2,1H3,(H,13,14)(H,15,19)(H,20,21)/t9-/m1/s1. The summed E-state index contributed by atoms with van der Waals surface area (Å²) in [5, 5.41) is 15.3. The Morgan fingerprint density at radius 1 is 1.48 bits per heavy atom. The lowest BCUT2D eigenvalue weighted by molar-refractivity contribution is -0.139. The van der Waals surface area contributed by atoms with Crippen LogP contribution in [0.5, 0.6) is 0 Å². The van der Waals surface area contributed by atoms with Crippen LogP contribution in [0.1, 0.15) is 16.2 Å². The van der Waals surface area contributed by atoms with Crippen molar-refractivity contribution < 1.29 is 14.7 Å². The fourth-order valence-corrected chi connectivity index (χ4v) is 1.67. The van der Waals surface area contributed by atoms with Crippen LogP contribution in [0.4, 0.5) is 0 Å². The predicted octanol–water partition coefficient (Wildman–Crippen LogP) is -1.07. The Morgan fingerprint density at radius 2 is 2.24 bits per heavy atom. The number of imidazole rings is 1. The average molecular weight is 291 g/mol. The molecule has 2 aromatic heterocycles. The van der Waals surface area contributed by atoms with Gasteiger partial charge in [0, 0.05) is 31.4 Å². The van der Waals surface area contributed by atoms with Crippen molar-refractivity contribution in [1.29, 1.82) is 0 Å². The second-order valence-electron chi connectivity index (χ2n) is 4.33. The van der Waals surface area contributed by atoms with Gasteiger partial charge in [-0.05, 0) is 6.07 Å². The summed E-state index contributed by atoms with van der Waals surface area (Å²) in [5.41, 5.74) is 0.183. The molecule has 0 aliphatic rings. The maximum atomic E-state index is 12.0. The second kappa shape index (κ2) is 5.99. The highest BCUT2D eigenvalue weighted by Crippen LogP contribution is 2.00. The molecule has 0 spiro atoms. The van der Waals surface area contributed by atoms with Gasteiger partial charge in [-0.1, -0.05) is 0 Å². The summed E-state index contributed by atoms with van der Waals surface area (Å²) in [4.78, 5) is 40.9. The summed E-state index contributed by atoms with van der Waals surface area (Å²) in [6.07, 6.45) is 2.96. The molecule has 0 saturated carbocycles. The normalized spacial score (nSPS) is 11.9. The van der Waals surface area contributed by atoms with Crippen LogP contribution in [-0.2, 0) is 18.3 Å². The third-order valence-electron chi connectivity index (χ3n) is 2.78. The van der Waals surface area contributed by atoms with E-state index in [1.807, 2.05) is 0 Å². The molecular weight excluding hydrogens is 278 g/mol. The smallest absolute Gasteiger partial charge is 0.326 e. The van der Waals surface area contributed by atoms with Gasteiger partial charge < -0.3 is 15.4 Å². The fourth-order valence-electron chi connectivity index (χ4n) is 1.67. The Labute approximate surface area is 118 Å². The van der Waals surface area contributed by atoms with Crippen LogP contribution in [0.3, 0.4) is 0 Å². The molecule has 0 saturated heterocycles. The maximum absolute atomic E-state index is 12.0. The van der Waals surface area contributed by atoms with E-state index in [1.165, 1.54) is 31.7 Å². The van der Waals surface area contributed by atoms with Gasteiger partial charge in [-0.25, -0.2) is 14.5 Å². The van der Waals surface area contributed by atoms with Gasteiger partial charge in [0.2, 0.25) is 0 Å². The number of amides is 1. The number of aromatic amines is 1. The summed E-state index contributed by atoms with van der Waals surface area (Å²) in [6.45, 7) is 0. The molecule has 21 heavy (non-hydrogen) atoms. The lowest BCUT2D eigenvalue weighted by atomic mass is 10.1. The van der Waals surface area contributed by atoms with Gasteiger partial charge in [0.1, 0.15) is 11.7 Å². The number of carbonyl (C=O) groups excluding carboxylic acids is 1. The zero-order valence-electron chi connectivity index (χ0n) is 11.1. The molecule has 0 fully saturated rings. The zero-order chi connectivity index (χ0) is 15.4. The summed E-state index contributed by atoms with van der Waals surface area (Å²) >= 11 is 0. The van der Waals surface area contributed by atoms with Crippen molar-refractivity contribution in [2.24, 2.45) is 7.05 Å². The first-order valence-corrected chi connectivity index (χ1v) is 6.02. The largest absolute Gasteiger partial charge is 0.480 e. The van der Waals surface area contributed by atoms with Crippen molar-refractivity contribution in [2.75, 3.05) is 0 Å². The van der Waals surface area contributed by atoms with Crippen LogP contribution >= 0.6 is 0 Å². The molecule has 0 bridgehead atoms. The van der Waals surface area contributed by atoms with E-state index in [9.17, 15) is 14.4 Å². The summed E-state index contributed by atoms with van der Waals surface area (Å²) in [7, 11) is 1.40. The Hall–Kier alpha value is -2.97. The average Bonchev–Trinajstić information content (AvgIpc) is 2.93. The monoisotopic (exact) mass is 291 g/mol. The van der Waals surface area contributed by atoms with E-state index in [4.69, 9.17) is 5.11 Å². The number of hydrogen-bond donors (Lipinski definition) is 3. The van der Waals surface area contributed by atoms with E-state index in [-0.39, 0.29) is 17.7 Å². The van der Waals surface area contributed by atoms with E-state index in [2.05, 4.69) is 20.4 Å². The first kappa shape index (κ1) is 14.4. The lowest BCUT2D eigenvalue weighted by Crippen LogP contribution is -2.43. The number of nitrogens with one attached hydrogen (secondary N) is 2. The van der Waals surface area contributed by atoms with Crippen molar-refractivity contribution in [2.45, 2.75) is 12.5 Å². The fraction of sp³-hybridized carbons (Fsp3) is 0.250. The minimum atomic E-state index is -1.18. The van der Waals surface area contributed by atoms with E-state index >= 15 is 0 Å². The SMILES string of the molecule is Cn1nc(C(=O)N[C@H](Cc2cnc[nH]2)C(=O)O)ccc1=O. The van der Waals surface area contributed by atoms with Crippen LogP contribution < -0.4 is 10.9 Å². The van der Waals surface area contributed by atoms with Crippen LogP contribution in [0, 0.1) is 0 Å². The van der Waals surface area contributed by atoms with Crippen molar-refractivity contribution in [3.8, 4) is 0 Å². The van der Waals surface area contributed by atoms with E-state index < -0.39 is 17.9 Å². The van der Waals surface area contributed by atoms with Crippen LogP contribution in [-0.4, -0.2) is 42.8 Å². The number of carbonyl (C=O) groups is 2. The van der Waals surface area contributed by atoms with E-state index in [0.29, 0.717) is 5.69 Å². The molecule has 9 nitrogen and oxygen atoms in total. The highest BCUT2D eigenvalue weighted by Gasteiger charge is 2.22. The molecule has 0 aliphatic carbocycles. The highest BCUT2D eigenvalue weighted by molar-refractivity contribution is 5.94. The highest BCUT2D eigenvalue weighted by atomic mass is 16.4. The molecular formula is C12H13N5O4. The predicted molar refractivity (Wildman–Crippen MR) is 70.7 cm³/mol. The topological polar surface area (TPSA) is 130 Å². The van der Waals surface area contributed by atoms with Crippen LogP contribution in [0.25, 0.3) is 0 Å². The number of carboxylic acid groups (broad SMARTS) is 1. The molecule has 2 heterocycles. The number of hydrogen-bond acceptors (Lipinski definition) is 5. The molecule has 0 unspecified atom stereocenters. The molecule has 2 rings (SSSR count). The van der Waals surface area contributed by atoms with Crippen molar-refractivity contribution in [1.82, 2.24) is 25.1 Å². The van der Waals surface area contributed by atoms with Crippen molar-refractivity contribution in [3.63, 3.8) is 0 Å². The summed E-state index contributed by atoms with van der Waals surface area (Å²) < 4.78 is 1.000. The molecule has 2 aromatic rings. The van der Waals surface area contributed by atoms with Gasteiger partial charge in [0.05, 0.1) is 6.33 Å². The number of aromatic nitrogens is 4. The van der Waals surface area contributed by atoms with Crippen molar-refractivity contribution >= 4 is 11.9 Å². The van der Waals surface area contributed by atoms with Gasteiger partial charge in [-0.15, -0.1) is 0 Å². The summed E-state index contributed by atoms with van der Waals surface area (Å²) in [5.74, 6) is -1.85. The Morgan fingerprint density at radius 3 is 2.81 bits per heavy atom. The molecule has 0 aromatic carbocycles. The van der Waals surface area contributed by atoms with Gasteiger partial charge in [0.25, 0.3) is 11.5 Å². The quantitative estimate of drug-likeness (QED) is 0.643. The molecule has 3 N–H and O–H groups in total. The number of nitrogens with zero attached hydrogens (tertiary/aromatic N) is 3. The number of rotatable bonds is 5. The molecule has 9 heteroatoms. The zero-order valence-corrected chi connectivity index (χ0v) is 11.1. The number of aliphatic carboxylic acids is 1. The Bertz CT molecular complexity index is 707. The number of H-pyrrole nitrogens is 1. The first-order valence-electron chi connectivity index (χ1n) is 6.02. The minimum Gasteiger partial charge on any atom is -0.480 e. The molecule has 0 radical (unpaired) electrons. The van der Waals surface area contributed by atoms with Crippen molar-refractivity contribution in [3.05, 3.63) is 46.4 Å². The molecule has 110 valence electrons. The van der Waals surface area contributed by atoms with Gasteiger partial charge >= 0.3 is 5.97 Å². The molecule has 1 atom stereocenters. The van der Waals surface area contributed by atoms with Crippen LogP contribution in [0.15, 0.2) is 29.5 Å². The number of aryl methyl sites for hydroxylation is 1. The minimum absolute atomic E-state index is 0.0343. The Balaban J connectivity index is 2.12. The maximum Gasteiger partial charge on any atom is 0.326 e. The second-order valence-corrected chi connectivity index (χ2v) is 4.33. The molecule has 1 amide bonds. The third kappa shape index (κ3) is 3.53. The summed E-state index contributed by atoms with van der Waals surface area (Å²) in [6, 6.07) is 1.30. The van der Waals surface area contributed by atoms with E-state index in [0.717, 1.165) is 4.68 Å². The van der Waals surface area contributed by atoms with Gasteiger partial charge in [-0.2, -0.15) is 5.10 Å². The van der Waals surface area contributed by atoms with Gasteiger partial charge in [0.15, 0.2) is 0 Å².